The normalized spacial score (nSPS) is 11.0. The second-order valence-corrected chi connectivity index (χ2v) is 7.07. The van der Waals surface area contributed by atoms with Gasteiger partial charge in [-0.1, -0.05) is 48.0 Å². The SMILES string of the molecule is COc1cc(/C=N\NC(=O)c2cc(-c3ccc(C)cc3)nc3ccccc23)ccc1O. The molecule has 0 unspecified atom stereocenters. The van der Waals surface area contributed by atoms with E-state index in [0.717, 1.165) is 27.7 Å². The van der Waals surface area contributed by atoms with Crippen LogP contribution in [0.1, 0.15) is 21.5 Å². The lowest BCUT2D eigenvalue weighted by molar-refractivity contribution is 0.0956. The van der Waals surface area contributed by atoms with Crippen molar-refractivity contribution in [2.45, 2.75) is 6.92 Å². The largest absolute Gasteiger partial charge is 0.504 e. The van der Waals surface area contributed by atoms with Crippen molar-refractivity contribution >= 4 is 23.0 Å². The summed E-state index contributed by atoms with van der Waals surface area (Å²) in [7, 11) is 1.47. The summed E-state index contributed by atoms with van der Waals surface area (Å²) < 4.78 is 5.09. The first-order valence-electron chi connectivity index (χ1n) is 9.72. The van der Waals surface area contributed by atoms with Crippen LogP contribution in [0.25, 0.3) is 22.2 Å². The quantitative estimate of drug-likeness (QED) is 0.369. The molecule has 0 atom stereocenters. The van der Waals surface area contributed by atoms with Crippen molar-refractivity contribution in [1.29, 1.82) is 0 Å². The number of carbonyl (C=O) groups is 1. The number of nitrogens with zero attached hydrogens (tertiary/aromatic N) is 2. The first-order chi connectivity index (χ1) is 15.0. The molecule has 1 aromatic heterocycles. The highest BCUT2D eigenvalue weighted by molar-refractivity contribution is 6.07. The predicted octanol–water partition coefficient (Wildman–Crippen LogP) is 4.69. The highest BCUT2D eigenvalue weighted by Crippen LogP contribution is 2.26. The molecule has 31 heavy (non-hydrogen) atoms. The van der Waals surface area contributed by atoms with E-state index in [9.17, 15) is 9.90 Å². The third-order valence-electron chi connectivity index (χ3n) is 4.89. The fourth-order valence-electron chi connectivity index (χ4n) is 3.24. The fourth-order valence-corrected chi connectivity index (χ4v) is 3.24. The van der Waals surface area contributed by atoms with Crippen molar-refractivity contribution < 1.29 is 14.6 Å². The number of carbonyl (C=O) groups excluding carboxylic acids is 1. The van der Waals surface area contributed by atoms with Gasteiger partial charge in [0, 0.05) is 10.9 Å². The summed E-state index contributed by atoms with van der Waals surface area (Å²) in [5.41, 5.74) is 7.29. The number of hydrogen-bond acceptors (Lipinski definition) is 5. The molecule has 0 spiro atoms. The van der Waals surface area contributed by atoms with Gasteiger partial charge in [-0.2, -0.15) is 5.10 Å². The number of amides is 1. The van der Waals surface area contributed by atoms with Crippen LogP contribution in [0.2, 0.25) is 0 Å². The number of phenols is 1. The molecular formula is C25H21N3O3. The minimum Gasteiger partial charge on any atom is -0.504 e. The zero-order chi connectivity index (χ0) is 21.8. The number of para-hydroxylation sites is 1. The van der Waals surface area contributed by atoms with Crippen molar-refractivity contribution in [1.82, 2.24) is 10.4 Å². The van der Waals surface area contributed by atoms with E-state index in [1.54, 1.807) is 18.2 Å². The molecule has 0 saturated heterocycles. The lowest BCUT2D eigenvalue weighted by atomic mass is 10.0. The first kappa shape index (κ1) is 20.1. The maximum Gasteiger partial charge on any atom is 0.272 e. The molecule has 6 heteroatoms. The molecule has 0 radical (unpaired) electrons. The Kier molecular flexibility index (Phi) is 5.62. The molecular weight excluding hydrogens is 390 g/mol. The van der Waals surface area contributed by atoms with Crippen molar-refractivity contribution in [3.8, 4) is 22.8 Å². The summed E-state index contributed by atoms with van der Waals surface area (Å²) >= 11 is 0. The highest BCUT2D eigenvalue weighted by atomic mass is 16.5. The Hall–Kier alpha value is -4.19. The van der Waals surface area contributed by atoms with Crippen LogP contribution < -0.4 is 10.2 Å². The highest BCUT2D eigenvalue weighted by Gasteiger charge is 2.13. The van der Waals surface area contributed by atoms with Gasteiger partial charge in [0.1, 0.15) is 0 Å². The first-order valence-corrected chi connectivity index (χ1v) is 9.72. The number of phenolic OH excluding ortho intramolecular Hbond substituents is 1. The van der Waals surface area contributed by atoms with Crippen molar-refractivity contribution in [2.24, 2.45) is 5.10 Å². The van der Waals surface area contributed by atoms with Crippen LogP contribution >= 0.6 is 0 Å². The number of nitrogens with one attached hydrogen (secondary N) is 1. The topological polar surface area (TPSA) is 83.8 Å². The molecule has 2 N–H and O–H groups in total. The zero-order valence-electron chi connectivity index (χ0n) is 17.2. The molecule has 0 saturated carbocycles. The lowest BCUT2D eigenvalue weighted by Crippen LogP contribution is -2.18. The number of ether oxygens (including phenoxy) is 1. The number of aromatic hydroxyl groups is 1. The number of fused-ring (bicyclic) bond motifs is 1. The number of methoxy groups -OCH3 is 1. The average Bonchev–Trinajstić information content (AvgIpc) is 2.79. The molecule has 4 rings (SSSR count). The molecule has 154 valence electrons. The molecule has 6 nitrogen and oxygen atoms in total. The van der Waals surface area contributed by atoms with Gasteiger partial charge in [0.2, 0.25) is 0 Å². The maximum absolute atomic E-state index is 12.9. The summed E-state index contributed by atoms with van der Waals surface area (Å²) in [5, 5.41) is 14.5. The molecule has 0 aliphatic carbocycles. The minimum absolute atomic E-state index is 0.0376. The summed E-state index contributed by atoms with van der Waals surface area (Å²) in [6.07, 6.45) is 1.49. The molecule has 0 fully saturated rings. The number of hydrogen-bond donors (Lipinski definition) is 2. The third kappa shape index (κ3) is 4.38. The second kappa shape index (κ2) is 8.67. The number of hydrazone groups is 1. The van der Waals surface area contributed by atoms with Crippen LogP contribution in [0.15, 0.2) is 77.9 Å². The number of aromatic nitrogens is 1. The van der Waals surface area contributed by atoms with E-state index in [1.165, 1.54) is 19.4 Å². The van der Waals surface area contributed by atoms with Crippen LogP contribution in [0.4, 0.5) is 0 Å². The van der Waals surface area contributed by atoms with Crippen LogP contribution in [0, 0.1) is 6.92 Å². The minimum atomic E-state index is -0.339. The Morgan fingerprint density at radius 1 is 1.06 bits per heavy atom. The van der Waals surface area contributed by atoms with E-state index < -0.39 is 0 Å². The summed E-state index contributed by atoms with van der Waals surface area (Å²) in [4.78, 5) is 17.7. The standard InChI is InChI=1S/C25H21N3O3/c1-16-7-10-18(11-8-16)22-14-20(19-5-3-4-6-21(19)27-22)25(30)28-26-15-17-9-12-23(29)24(13-17)31-2/h3-15,29H,1-2H3,(H,28,30)/b26-15-. The second-order valence-electron chi connectivity index (χ2n) is 7.07. The Morgan fingerprint density at radius 3 is 2.61 bits per heavy atom. The molecule has 0 bridgehead atoms. The van der Waals surface area contributed by atoms with E-state index >= 15 is 0 Å². The summed E-state index contributed by atoms with van der Waals surface area (Å²) in [5.74, 6) is 0.0303. The van der Waals surface area contributed by atoms with Crippen molar-refractivity contribution in [2.75, 3.05) is 7.11 Å². The van der Waals surface area contributed by atoms with E-state index in [0.29, 0.717) is 16.9 Å². The average molecular weight is 411 g/mol. The van der Waals surface area contributed by atoms with E-state index in [2.05, 4.69) is 10.5 Å². The number of rotatable bonds is 5. The summed E-state index contributed by atoms with van der Waals surface area (Å²) in [6, 6.07) is 22.1. The van der Waals surface area contributed by atoms with Gasteiger partial charge in [0.05, 0.1) is 30.1 Å². The monoisotopic (exact) mass is 411 g/mol. The Bertz CT molecular complexity index is 1280. The molecule has 1 amide bonds. The van der Waals surface area contributed by atoms with Gasteiger partial charge in [0.25, 0.3) is 5.91 Å². The number of pyridine rings is 1. The summed E-state index contributed by atoms with van der Waals surface area (Å²) in [6.45, 7) is 2.03. The predicted molar refractivity (Wildman–Crippen MR) is 122 cm³/mol. The molecule has 3 aromatic carbocycles. The van der Waals surface area contributed by atoms with E-state index in [4.69, 9.17) is 9.72 Å². The fraction of sp³-hybridized carbons (Fsp3) is 0.0800. The molecule has 0 aliphatic heterocycles. The van der Waals surface area contributed by atoms with Crippen LogP contribution in [-0.4, -0.2) is 29.3 Å². The van der Waals surface area contributed by atoms with Gasteiger partial charge in [-0.3, -0.25) is 4.79 Å². The van der Waals surface area contributed by atoms with Crippen molar-refractivity contribution in [3.63, 3.8) is 0 Å². The maximum atomic E-state index is 12.9. The lowest BCUT2D eigenvalue weighted by Gasteiger charge is -2.09. The van der Waals surface area contributed by atoms with Gasteiger partial charge in [-0.15, -0.1) is 0 Å². The van der Waals surface area contributed by atoms with Gasteiger partial charge in [0.15, 0.2) is 11.5 Å². The zero-order valence-corrected chi connectivity index (χ0v) is 17.2. The number of benzene rings is 3. The molecule has 1 heterocycles. The van der Waals surface area contributed by atoms with Crippen molar-refractivity contribution in [3.05, 3.63) is 89.5 Å². The molecule has 4 aromatic rings. The van der Waals surface area contributed by atoms with Crippen LogP contribution in [-0.2, 0) is 0 Å². The van der Waals surface area contributed by atoms with Gasteiger partial charge in [-0.25, -0.2) is 10.4 Å². The van der Waals surface area contributed by atoms with Crippen LogP contribution in [0.5, 0.6) is 11.5 Å². The Morgan fingerprint density at radius 2 is 1.84 bits per heavy atom. The van der Waals surface area contributed by atoms with Gasteiger partial charge in [-0.05, 0) is 42.8 Å². The van der Waals surface area contributed by atoms with Gasteiger partial charge >= 0.3 is 0 Å². The third-order valence-corrected chi connectivity index (χ3v) is 4.89. The Balaban J connectivity index is 1.64. The van der Waals surface area contributed by atoms with E-state index in [-0.39, 0.29) is 11.7 Å². The van der Waals surface area contributed by atoms with Crippen LogP contribution in [0.3, 0.4) is 0 Å². The Labute approximate surface area is 179 Å². The van der Waals surface area contributed by atoms with E-state index in [1.807, 2.05) is 55.5 Å². The van der Waals surface area contributed by atoms with Gasteiger partial charge < -0.3 is 9.84 Å². The smallest absolute Gasteiger partial charge is 0.272 e. The molecule has 0 aliphatic rings. The number of aryl methyl sites for hydroxylation is 1.